The largest absolute Gasteiger partial charge is 0.474 e. The molecule has 9 nitrogen and oxygen atoms in total. The van der Waals surface area contributed by atoms with Gasteiger partial charge in [-0.25, -0.2) is 14.2 Å². The lowest BCUT2D eigenvalue weighted by Crippen LogP contribution is -2.59. The number of anilines is 2. The topological polar surface area (TPSA) is 96.0 Å². The normalized spacial score (nSPS) is 21.3. The molecule has 38 heavy (non-hydrogen) atoms. The summed E-state index contributed by atoms with van der Waals surface area (Å²) in [5.41, 5.74) is -0.665. The van der Waals surface area contributed by atoms with E-state index in [-0.39, 0.29) is 32.8 Å². The molecule has 3 aliphatic heterocycles. The van der Waals surface area contributed by atoms with E-state index in [1.165, 1.54) is 0 Å². The summed E-state index contributed by atoms with van der Waals surface area (Å²) < 4.78 is 27.1. The molecule has 0 aliphatic carbocycles. The number of likely N-dealkylation sites (N-methyl/N-ethyl adjacent to an activating group) is 1. The van der Waals surface area contributed by atoms with Gasteiger partial charge in [0, 0.05) is 24.5 Å². The minimum atomic E-state index is -1.00. The van der Waals surface area contributed by atoms with Crippen molar-refractivity contribution in [1.82, 2.24) is 14.8 Å². The maximum Gasteiger partial charge on any atom is 0.410 e. The third-order valence-electron chi connectivity index (χ3n) is 7.47. The second kappa shape index (κ2) is 9.98. The summed E-state index contributed by atoms with van der Waals surface area (Å²) >= 11 is 9.53. The molecule has 0 radical (unpaired) electrons. The molecule has 1 aromatic carbocycles. The number of nitrogens with one attached hydrogen (secondary N) is 2. The van der Waals surface area contributed by atoms with Crippen molar-refractivity contribution >= 4 is 61.8 Å². The van der Waals surface area contributed by atoms with Gasteiger partial charge in [-0.15, -0.1) is 0 Å². The third-order valence-corrected chi connectivity index (χ3v) is 8.77. The van der Waals surface area contributed by atoms with Gasteiger partial charge in [0.15, 0.2) is 5.82 Å². The summed E-state index contributed by atoms with van der Waals surface area (Å²) in [5.74, 6) is -0.699. The van der Waals surface area contributed by atoms with Crippen LogP contribution in [0.25, 0.3) is 10.9 Å². The Morgan fingerprint density at radius 2 is 2.00 bits per heavy atom. The van der Waals surface area contributed by atoms with Crippen molar-refractivity contribution in [3.63, 3.8) is 0 Å². The van der Waals surface area contributed by atoms with Crippen molar-refractivity contribution < 1.29 is 23.5 Å². The Labute approximate surface area is 234 Å². The lowest BCUT2D eigenvalue weighted by atomic mass is 9.84. The Hall–Kier alpha value is -2.37. The van der Waals surface area contributed by atoms with Gasteiger partial charge in [-0.1, -0.05) is 11.6 Å². The molecule has 1 atom stereocenters. The van der Waals surface area contributed by atoms with Crippen molar-refractivity contribution in [2.75, 3.05) is 43.9 Å². The zero-order valence-electron chi connectivity index (χ0n) is 21.9. The van der Waals surface area contributed by atoms with Crippen LogP contribution in [-0.4, -0.2) is 77.3 Å². The van der Waals surface area contributed by atoms with Crippen LogP contribution in [0.15, 0.2) is 10.5 Å². The lowest BCUT2D eigenvalue weighted by Gasteiger charge is -2.44. The van der Waals surface area contributed by atoms with Crippen molar-refractivity contribution in [3.8, 4) is 5.88 Å². The van der Waals surface area contributed by atoms with Crippen LogP contribution in [0.4, 0.5) is 20.6 Å². The fourth-order valence-corrected chi connectivity index (χ4v) is 5.77. The minimum absolute atomic E-state index is 0.0831. The molecule has 2 saturated heterocycles. The first kappa shape index (κ1) is 27.2. The molecule has 2 aromatic rings. The summed E-state index contributed by atoms with van der Waals surface area (Å²) in [5, 5.41) is 7.01. The molecule has 0 saturated carbocycles. The Kier molecular flexibility index (Phi) is 7.15. The van der Waals surface area contributed by atoms with Crippen LogP contribution in [0.1, 0.15) is 46.5 Å². The number of fused-ring (bicyclic) bond motifs is 3. The monoisotopic (exact) mass is 611 g/mol. The van der Waals surface area contributed by atoms with Gasteiger partial charge >= 0.3 is 6.09 Å². The molecule has 5 rings (SSSR count). The minimum Gasteiger partial charge on any atom is -0.474 e. The first-order valence-corrected chi connectivity index (χ1v) is 14.0. The number of carbonyl (C=O) groups excluding carboxylic acids is 2. The maximum absolute atomic E-state index is 15.4. The Morgan fingerprint density at radius 3 is 2.63 bits per heavy atom. The standard InChI is InChI=1S/C26H32BrClFN5O4/c1-25(2,3)38-24(36)34-10-7-26(8-11-34)23(35)31-21-20(32-26)15-12-16(28)17(27)18(29)19(15)30-22(21)37-13-14-6-5-9-33(14)4/h12,14,32H,5-11,13H2,1-4H3,(H,31,35)/t14-/m0/s1. The van der Waals surface area contributed by atoms with Gasteiger partial charge in [-0.2, -0.15) is 0 Å². The average Bonchev–Trinajstić information content (AvgIpc) is 3.26. The second-order valence-corrected chi connectivity index (χ2v) is 12.5. The zero-order valence-corrected chi connectivity index (χ0v) is 24.3. The third kappa shape index (κ3) is 5.00. The van der Waals surface area contributed by atoms with Crippen LogP contribution < -0.4 is 15.4 Å². The summed E-state index contributed by atoms with van der Waals surface area (Å²) in [7, 11) is 2.04. The van der Waals surface area contributed by atoms with E-state index in [1.54, 1.807) is 11.0 Å². The second-order valence-electron chi connectivity index (χ2n) is 11.3. The van der Waals surface area contributed by atoms with E-state index in [4.69, 9.17) is 21.1 Å². The van der Waals surface area contributed by atoms with Gasteiger partial charge in [-0.05, 0) is 82.0 Å². The van der Waals surface area contributed by atoms with Gasteiger partial charge in [0.2, 0.25) is 11.8 Å². The maximum atomic E-state index is 15.4. The van der Waals surface area contributed by atoms with Gasteiger partial charge in [0.05, 0.1) is 15.2 Å². The quantitative estimate of drug-likeness (QED) is 0.449. The van der Waals surface area contributed by atoms with Gasteiger partial charge in [0.25, 0.3) is 0 Å². The highest BCUT2D eigenvalue weighted by Gasteiger charge is 2.47. The molecule has 0 unspecified atom stereocenters. The van der Waals surface area contributed by atoms with E-state index < -0.39 is 23.1 Å². The Balaban J connectivity index is 1.48. The first-order valence-electron chi connectivity index (χ1n) is 12.8. The SMILES string of the molecule is CN1CCC[C@H]1COc1nc2c(F)c(Br)c(Cl)cc2c2c1NC(=O)C1(CCN(C(=O)OC(C)(C)C)CC1)N2. The molecule has 12 heteroatoms. The number of piperidine rings is 1. The number of halogens is 3. The van der Waals surface area contributed by atoms with Gasteiger partial charge in [-0.3, -0.25) is 4.79 Å². The highest BCUT2D eigenvalue weighted by atomic mass is 79.9. The van der Waals surface area contributed by atoms with Gasteiger partial charge < -0.3 is 29.9 Å². The molecule has 2 N–H and O–H groups in total. The van der Waals surface area contributed by atoms with Crippen LogP contribution in [0.3, 0.4) is 0 Å². The van der Waals surface area contributed by atoms with Gasteiger partial charge in [0.1, 0.15) is 29.0 Å². The first-order chi connectivity index (χ1) is 17.9. The van der Waals surface area contributed by atoms with Crippen LogP contribution >= 0.6 is 27.5 Å². The lowest BCUT2D eigenvalue weighted by molar-refractivity contribution is -0.122. The van der Waals surface area contributed by atoms with Crippen molar-refractivity contribution in [2.45, 2.75) is 63.6 Å². The summed E-state index contributed by atoms with van der Waals surface area (Å²) in [4.78, 5) is 34.4. The molecule has 2 fully saturated rings. The highest BCUT2D eigenvalue weighted by molar-refractivity contribution is 9.10. The Bertz CT molecular complexity index is 1300. The smallest absolute Gasteiger partial charge is 0.410 e. The van der Waals surface area contributed by atoms with E-state index in [0.29, 0.717) is 49.3 Å². The number of ether oxygens (including phenoxy) is 2. The molecular weight excluding hydrogens is 581 g/mol. The molecule has 4 heterocycles. The average molecular weight is 613 g/mol. The van der Waals surface area contributed by atoms with Crippen LogP contribution in [0.5, 0.6) is 5.88 Å². The molecule has 1 spiro atoms. The predicted molar refractivity (Wildman–Crippen MR) is 148 cm³/mol. The van der Waals surface area contributed by atoms with Crippen molar-refractivity contribution in [1.29, 1.82) is 0 Å². The molecule has 1 aromatic heterocycles. The predicted octanol–water partition coefficient (Wildman–Crippen LogP) is 5.40. The number of hydrogen-bond donors (Lipinski definition) is 2. The molecule has 0 bridgehead atoms. The number of carbonyl (C=O) groups is 2. The van der Waals surface area contributed by atoms with Crippen molar-refractivity contribution in [2.24, 2.45) is 0 Å². The van der Waals surface area contributed by atoms with Crippen LogP contribution in [0.2, 0.25) is 5.02 Å². The number of likely N-dealkylation sites (tertiary alicyclic amines) is 2. The molecule has 206 valence electrons. The van der Waals surface area contributed by atoms with E-state index in [0.717, 1.165) is 19.4 Å². The molecular formula is C26H32BrClFN5O4. The number of aromatic nitrogens is 1. The number of amides is 2. The van der Waals surface area contributed by atoms with E-state index in [9.17, 15) is 9.59 Å². The highest BCUT2D eigenvalue weighted by Crippen LogP contribution is 2.47. The number of hydrogen-bond acceptors (Lipinski definition) is 7. The summed E-state index contributed by atoms with van der Waals surface area (Å²) in [6.45, 7) is 7.44. The summed E-state index contributed by atoms with van der Waals surface area (Å²) in [6, 6.07) is 1.83. The number of pyridine rings is 1. The van der Waals surface area contributed by atoms with Crippen LogP contribution in [0, 0.1) is 5.82 Å². The fourth-order valence-electron chi connectivity index (χ4n) is 5.28. The summed E-state index contributed by atoms with van der Waals surface area (Å²) in [6.07, 6.45) is 2.34. The van der Waals surface area contributed by atoms with E-state index >= 15 is 4.39 Å². The zero-order chi connectivity index (χ0) is 27.4. The van der Waals surface area contributed by atoms with E-state index in [1.807, 2.05) is 27.8 Å². The Morgan fingerprint density at radius 1 is 1.29 bits per heavy atom. The molecule has 3 aliphatic rings. The number of benzene rings is 1. The molecule has 2 amide bonds. The number of nitrogens with zero attached hydrogens (tertiary/aromatic N) is 3. The van der Waals surface area contributed by atoms with E-state index in [2.05, 4.69) is 36.4 Å². The van der Waals surface area contributed by atoms with Crippen LogP contribution in [-0.2, 0) is 9.53 Å². The fraction of sp³-hybridized carbons (Fsp3) is 0.577. The van der Waals surface area contributed by atoms with Crippen molar-refractivity contribution in [3.05, 3.63) is 21.4 Å². The number of rotatable bonds is 3.